The summed E-state index contributed by atoms with van der Waals surface area (Å²) in [6.45, 7) is 0. The highest BCUT2D eigenvalue weighted by Crippen LogP contribution is 2.35. The normalized spacial score (nSPS) is 16.2. The van der Waals surface area contributed by atoms with Crippen molar-refractivity contribution < 1.29 is 9.26 Å². The van der Waals surface area contributed by atoms with Crippen molar-refractivity contribution in [3.8, 4) is 23.1 Å². The highest BCUT2D eigenvalue weighted by molar-refractivity contribution is 5.50. The van der Waals surface area contributed by atoms with Crippen LogP contribution in [0, 0.1) is 0 Å². The molecule has 24 heavy (non-hydrogen) atoms. The third kappa shape index (κ3) is 2.88. The van der Waals surface area contributed by atoms with E-state index in [4.69, 9.17) is 15.0 Å². The van der Waals surface area contributed by atoms with Gasteiger partial charge in [-0.2, -0.15) is 4.98 Å². The van der Waals surface area contributed by atoms with Crippen molar-refractivity contribution >= 4 is 0 Å². The molecule has 0 atom stereocenters. The second-order valence-electron chi connectivity index (χ2n) is 6.08. The summed E-state index contributed by atoms with van der Waals surface area (Å²) in [5.41, 5.74) is 6.47. The number of nitrogens with zero attached hydrogens (tertiary/aromatic N) is 3. The first-order valence-corrected chi connectivity index (χ1v) is 8.05. The van der Waals surface area contributed by atoms with Crippen molar-refractivity contribution in [3.05, 3.63) is 54.5 Å². The van der Waals surface area contributed by atoms with Gasteiger partial charge in [0.25, 0.3) is 5.89 Å². The summed E-state index contributed by atoms with van der Waals surface area (Å²) in [6, 6.07) is 13.1. The second-order valence-corrected chi connectivity index (χ2v) is 6.08. The molecule has 3 aromatic rings. The smallest absolute Gasteiger partial charge is 0.276 e. The maximum Gasteiger partial charge on any atom is 0.276 e. The largest absolute Gasteiger partial charge is 0.457 e. The number of ether oxygens (including phenoxy) is 1. The molecule has 1 aromatic carbocycles. The van der Waals surface area contributed by atoms with Gasteiger partial charge in [0.2, 0.25) is 0 Å². The summed E-state index contributed by atoms with van der Waals surface area (Å²) in [4.78, 5) is 8.76. The second kappa shape index (κ2) is 6.05. The van der Waals surface area contributed by atoms with E-state index in [1.54, 1.807) is 18.3 Å². The van der Waals surface area contributed by atoms with Crippen LogP contribution in [0.5, 0.6) is 11.5 Å². The Morgan fingerprint density at radius 3 is 2.62 bits per heavy atom. The molecular formula is C18H18N4O2. The van der Waals surface area contributed by atoms with E-state index in [9.17, 15) is 0 Å². The van der Waals surface area contributed by atoms with E-state index in [0.717, 1.165) is 31.4 Å². The van der Waals surface area contributed by atoms with Gasteiger partial charge in [0.1, 0.15) is 17.2 Å². The van der Waals surface area contributed by atoms with Crippen molar-refractivity contribution in [2.24, 2.45) is 5.73 Å². The summed E-state index contributed by atoms with van der Waals surface area (Å²) in [7, 11) is 0. The molecule has 1 aliphatic carbocycles. The third-order valence-corrected chi connectivity index (χ3v) is 4.30. The van der Waals surface area contributed by atoms with E-state index < -0.39 is 5.54 Å². The van der Waals surface area contributed by atoms with E-state index in [2.05, 4.69) is 15.1 Å². The molecule has 0 aliphatic heterocycles. The number of para-hydroxylation sites is 1. The summed E-state index contributed by atoms with van der Waals surface area (Å²) >= 11 is 0. The van der Waals surface area contributed by atoms with Crippen LogP contribution in [0.2, 0.25) is 0 Å². The SMILES string of the molecule is NC1(c2noc(-c3cc(Oc4ccccc4)ccn3)n2)CCCC1. The lowest BCUT2D eigenvalue weighted by Crippen LogP contribution is -2.34. The fourth-order valence-corrected chi connectivity index (χ4v) is 2.98. The Balaban J connectivity index is 1.59. The first-order chi connectivity index (χ1) is 11.7. The van der Waals surface area contributed by atoms with Gasteiger partial charge in [-0.25, -0.2) is 0 Å². The summed E-state index contributed by atoms with van der Waals surface area (Å²) in [5, 5.41) is 4.07. The number of pyridine rings is 1. The highest BCUT2D eigenvalue weighted by atomic mass is 16.5. The van der Waals surface area contributed by atoms with Crippen LogP contribution in [0.3, 0.4) is 0 Å². The number of hydrogen-bond acceptors (Lipinski definition) is 6. The van der Waals surface area contributed by atoms with Gasteiger partial charge in [-0.3, -0.25) is 4.98 Å². The molecular weight excluding hydrogens is 304 g/mol. The van der Waals surface area contributed by atoms with Crippen molar-refractivity contribution in [2.45, 2.75) is 31.2 Å². The van der Waals surface area contributed by atoms with Crippen molar-refractivity contribution in [2.75, 3.05) is 0 Å². The number of aromatic nitrogens is 3. The predicted molar refractivity (Wildman–Crippen MR) is 88.4 cm³/mol. The van der Waals surface area contributed by atoms with Crippen LogP contribution in [0.25, 0.3) is 11.6 Å². The van der Waals surface area contributed by atoms with Crippen molar-refractivity contribution in [3.63, 3.8) is 0 Å². The molecule has 6 heteroatoms. The number of nitrogens with two attached hydrogens (primary N) is 1. The Kier molecular flexibility index (Phi) is 3.74. The average Bonchev–Trinajstić information content (AvgIpc) is 3.26. The summed E-state index contributed by atoms with van der Waals surface area (Å²) < 4.78 is 11.2. The van der Waals surface area contributed by atoms with Crippen LogP contribution in [0.1, 0.15) is 31.5 Å². The number of benzene rings is 1. The molecule has 2 heterocycles. The molecule has 0 bridgehead atoms. The lowest BCUT2D eigenvalue weighted by molar-refractivity contribution is 0.372. The molecule has 0 radical (unpaired) electrons. The van der Waals surface area contributed by atoms with Crippen LogP contribution >= 0.6 is 0 Å². The zero-order chi connectivity index (χ0) is 16.4. The van der Waals surface area contributed by atoms with Crippen LogP contribution < -0.4 is 10.5 Å². The monoisotopic (exact) mass is 322 g/mol. The van der Waals surface area contributed by atoms with E-state index in [1.165, 1.54) is 0 Å². The quantitative estimate of drug-likeness (QED) is 0.789. The van der Waals surface area contributed by atoms with Gasteiger partial charge in [0.05, 0.1) is 5.54 Å². The average molecular weight is 322 g/mol. The fraction of sp³-hybridized carbons (Fsp3) is 0.278. The Hall–Kier alpha value is -2.73. The third-order valence-electron chi connectivity index (χ3n) is 4.30. The van der Waals surface area contributed by atoms with E-state index in [-0.39, 0.29) is 0 Å². The Morgan fingerprint density at radius 2 is 1.83 bits per heavy atom. The lowest BCUT2D eigenvalue weighted by atomic mass is 9.99. The first kappa shape index (κ1) is 14.8. The standard InChI is InChI=1S/C18H18N4O2/c19-18(9-4-5-10-18)17-21-16(24-22-17)15-12-14(8-11-20-15)23-13-6-2-1-3-7-13/h1-3,6-8,11-12H,4-5,9-10,19H2. The lowest BCUT2D eigenvalue weighted by Gasteiger charge is -2.17. The van der Waals surface area contributed by atoms with Gasteiger partial charge in [-0.15, -0.1) is 0 Å². The van der Waals surface area contributed by atoms with Gasteiger partial charge in [-0.05, 0) is 31.0 Å². The van der Waals surface area contributed by atoms with E-state index in [1.807, 2.05) is 30.3 Å². The van der Waals surface area contributed by atoms with Crippen LogP contribution in [0.4, 0.5) is 0 Å². The molecule has 4 rings (SSSR count). The molecule has 6 nitrogen and oxygen atoms in total. The van der Waals surface area contributed by atoms with Crippen LogP contribution in [-0.2, 0) is 5.54 Å². The topological polar surface area (TPSA) is 87.1 Å². The molecule has 2 aromatic heterocycles. The number of rotatable bonds is 4. The minimum absolute atomic E-state index is 0.361. The summed E-state index contributed by atoms with van der Waals surface area (Å²) in [6.07, 6.45) is 5.62. The molecule has 0 amide bonds. The zero-order valence-corrected chi connectivity index (χ0v) is 13.2. The summed E-state index contributed by atoms with van der Waals surface area (Å²) in [5.74, 6) is 2.34. The van der Waals surface area contributed by atoms with Crippen molar-refractivity contribution in [1.82, 2.24) is 15.1 Å². The molecule has 0 spiro atoms. The molecule has 1 fully saturated rings. The Bertz CT molecular complexity index is 826. The molecule has 122 valence electrons. The first-order valence-electron chi connectivity index (χ1n) is 8.05. The molecule has 1 aliphatic rings. The minimum atomic E-state index is -0.472. The minimum Gasteiger partial charge on any atom is -0.457 e. The molecule has 1 saturated carbocycles. The van der Waals surface area contributed by atoms with Crippen LogP contribution in [0.15, 0.2) is 53.2 Å². The van der Waals surface area contributed by atoms with Gasteiger partial charge in [0, 0.05) is 12.3 Å². The maximum atomic E-state index is 6.37. The van der Waals surface area contributed by atoms with Gasteiger partial charge >= 0.3 is 0 Å². The van der Waals surface area contributed by atoms with Gasteiger partial charge in [0.15, 0.2) is 5.82 Å². The number of hydrogen-bond donors (Lipinski definition) is 1. The zero-order valence-electron chi connectivity index (χ0n) is 13.2. The molecule has 0 unspecified atom stereocenters. The predicted octanol–water partition coefficient (Wildman–Crippen LogP) is 3.65. The highest BCUT2D eigenvalue weighted by Gasteiger charge is 2.36. The Labute approximate surface area is 139 Å². The van der Waals surface area contributed by atoms with Gasteiger partial charge < -0.3 is 15.0 Å². The fourth-order valence-electron chi connectivity index (χ4n) is 2.98. The van der Waals surface area contributed by atoms with E-state index >= 15 is 0 Å². The van der Waals surface area contributed by atoms with E-state index in [0.29, 0.717) is 23.2 Å². The van der Waals surface area contributed by atoms with Crippen LogP contribution in [-0.4, -0.2) is 15.1 Å². The maximum absolute atomic E-state index is 6.37. The molecule has 0 saturated heterocycles. The molecule has 2 N–H and O–H groups in total. The Morgan fingerprint density at radius 1 is 1.04 bits per heavy atom. The van der Waals surface area contributed by atoms with Gasteiger partial charge in [-0.1, -0.05) is 36.2 Å². The van der Waals surface area contributed by atoms with Crippen molar-refractivity contribution in [1.29, 1.82) is 0 Å².